The van der Waals surface area contributed by atoms with Gasteiger partial charge in [-0.05, 0) is 57.9 Å². The fourth-order valence-corrected chi connectivity index (χ4v) is 2.52. The molecule has 3 rings (SSSR count). The molecule has 33 heavy (non-hydrogen) atoms. The number of nitrogens with one attached hydrogen (secondary N) is 2. The number of nitrogens with zero attached hydrogens (tertiary/aromatic N) is 3. The van der Waals surface area contributed by atoms with E-state index in [0.717, 1.165) is 12.8 Å². The van der Waals surface area contributed by atoms with E-state index in [1.165, 1.54) is 12.1 Å². The van der Waals surface area contributed by atoms with Gasteiger partial charge in [0, 0.05) is 0 Å². The molecule has 0 unspecified atom stereocenters. The number of nitrogens with two attached hydrogens (primary N) is 1. The number of carbonyl (C=O) groups excluding carboxylic acids is 3. The molecule has 2 amide bonds. The molecule has 174 valence electrons. The fraction of sp³-hybridized carbons (Fsp3) is 0.364. The molecule has 1 aliphatic carbocycles. The number of alkyl carbamates (subject to hydrolysis) is 1. The predicted octanol–water partition coefficient (Wildman–Crippen LogP) is 3.86. The SMILES string of the molecule is CC(C)(C)OC(=O)NCC(=O)Nc1ccc(/N=N/c2ccccc2OC(=O)C2CC2)c(N)n1. The van der Waals surface area contributed by atoms with Crippen LogP contribution in [0, 0.1) is 5.92 Å². The van der Waals surface area contributed by atoms with Crippen molar-refractivity contribution < 1.29 is 23.9 Å². The van der Waals surface area contributed by atoms with Crippen LogP contribution in [0.5, 0.6) is 5.75 Å². The Hall–Kier alpha value is -4.02. The van der Waals surface area contributed by atoms with Gasteiger partial charge < -0.3 is 25.8 Å². The summed E-state index contributed by atoms with van der Waals surface area (Å²) in [6.07, 6.45) is 0.971. The van der Waals surface area contributed by atoms with E-state index in [1.54, 1.807) is 45.0 Å². The molecule has 1 saturated carbocycles. The first-order chi connectivity index (χ1) is 15.6. The molecule has 0 aliphatic heterocycles. The van der Waals surface area contributed by atoms with Crippen LogP contribution in [0.1, 0.15) is 33.6 Å². The van der Waals surface area contributed by atoms with Crippen molar-refractivity contribution >= 4 is 41.0 Å². The summed E-state index contributed by atoms with van der Waals surface area (Å²) in [5.74, 6) is -0.304. The van der Waals surface area contributed by atoms with Crippen LogP contribution in [0.15, 0.2) is 46.6 Å². The lowest BCUT2D eigenvalue weighted by Crippen LogP contribution is -2.37. The Labute approximate surface area is 190 Å². The number of esters is 1. The summed E-state index contributed by atoms with van der Waals surface area (Å²) < 4.78 is 10.5. The number of benzene rings is 1. The Morgan fingerprint density at radius 2 is 1.79 bits per heavy atom. The molecular formula is C22H26N6O5. The Bertz CT molecular complexity index is 1080. The van der Waals surface area contributed by atoms with Crippen LogP contribution in [0.2, 0.25) is 0 Å². The molecule has 11 nitrogen and oxygen atoms in total. The van der Waals surface area contributed by atoms with Crippen molar-refractivity contribution in [3.63, 3.8) is 0 Å². The zero-order chi connectivity index (χ0) is 24.0. The first-order valence-corrected chi connectivity index (χ1v) is 10.4. The van der Waals surface area contributed by atoms with Crippen molar-refractivity contribution in [2.75, 3.05) is 17.6 Å². The first-order valence-electron chi connectivity index (χ1n) is 10.4. The van der Waals surface area contributed by atoms with Gasteiger partial charge in [0.1, 0.15) is 29.3 Å². The molecule has 1 aromatic heterocycles. The van der Waals surface area contributed by atoms with Crippen LogP contribution in [0.3, 0.4) is 0 Å². The number of carbonyl (C=O) groups is 3. The van der Waals surface area contributed by atoms with Gasteiger partial charge in [-0.3, -0.25) is 9.59 Å². The summed E-state index contributed by atoms with van der Waals surface area (Å²) in [4.78, 5) is 39.7. The number of anilines is 2. The minimum atomic E-state index is -0.705. The van der Waals surface area contributed by atoms with Crippen LogP contribution >= 0.6 is 0 Å². The number of azo groups is 1. The summed E-state index contributed by atoms with van der Waals surface area (Å²) in [5.41, 5.74) is 5.90. The molecular weight excluding hydrogens is 428 g/mol. The summed E-state index contributed by atoms with van der Waals surface area (Å²) in [5, 5.41) is 13.1. The summed E-state index contributed by atoms with van der Waals surface area (Å²) in [6, 6.07) is 9.81. The molecule has 2 aromatic rings. The molecule has 4 N–H and O–H groups in total. The highest BCUT2D eigenvalue weighted by Crippen LogP contribution is 2.34. The van der Waals surface area contributed by atoms with Crippen molar-refractivity contribution in [3.05, 3.63) is 36.4 Å². The van der Waals surface area contributed by atoms with E-state index in [4.69, 9.17) is 15.2 Å². The number of pyridine rings is 1. The van der Waals surface area contributed by atoms with Crippen molar-refractivity contribution in [2.45, 2.75) is 39.2 Å². The maximum atomic E-state index is 12.0. The maximum Gasteiger partial charge on any atom is 0.408 e. The van der Waals surface area contributed by atoms with Crippen LogP contribution in [-0.2, 0) is 14.3 Å². The molecule has 1 heterocycles. The Morgan fingerprint density at radius 1 is 1.09 bits per heavy atom. The van der Waals surface area contributed by atoms with Gasteiger partial charge in [0.05, 0.1) is 5.92 Å². The number of aromatic nitrogens is 1. The molecule has 0 bridgehead atoms. The van der Waals surface area contributed by atoms with Gasteiger partial charge in [-0.15, -0.1) is 10.2 Å². The minimum Gasteiger partial charge on any atom is -0.444 e. The Kier molecular flexibility index (Phi) is 7.21. The third-order valence-electron chi connectivity index (χ3n) is 4.21. The highest BCUT2D eigenvalue weighted by Gasteiger charge is 2.32. The topological polar surface area (TPSA) is 157 Å². The van der Waals surface area contributed by atoms with E-state index < -0.39 is 17.6 Å². The van der Waals surface area contributed by atoms with E-state index in [9.17, 15) is 14.4 Å². The van der Waals surface area contributed by atoms with Gasteiger partial charge in [-0.25, -0.2) is 9.78 Å². The monoisotopic (exact) mass is 454 g/mol. The summed E-state index contributed by atoms with van der Waals surface area (Å²) >= 11 is 0. The van der Waals surface area contributed by atoms with E-state index in [0.29, 0.717) is 11.4 Å². The second-order valence-electron chi connectivity index (χ2n) is 8.37. The summed E-state index contributed by atoms with van der Waals surface area (Å²) in [6.45, 7) is 4.86. The number of nitrogen functional groups attached to an aromatic ring is 1. The van der Waals surface area contributed by atoms with Crippen molar-refractivity contribution in [1.82, 2.24) is 10.3 Å². The van der Waals surface area contributed by atoms with E-state index in [-0.39, 0.29) is 35.8 Å². The van der Waals surface area contributed by atoms with Gasteiger partial charge in [0.2, 0.25) is 5.91 Å². The third kappa shape index (κ3) is 7.56. The van der Waals surface area contributed by atoms with E-state index >= 15 is 0 Å². The molecule has 1 aromatic carbocycles. The van der Waals surface area contributed by atoms with Crippen LogP contribution < -0.4 is 21.1 Å². The van der Waals surface area contributed by atoms with E-state index in [2.05, 4.69) is 25.8 Å². The van der Waals surface area contributed by atoms with Gasteiger partial charge >= 0.3 is 12.1 Å². The lowest BCUT2D eigenvalue weighted by atomic mass is 10.2. The average Bonchev–Trinajstić information content (AvgIpc) is 3.57. The van der Waals surface area contributed by atoms with Crippen molar-refractivity contribution in [1.29, 1.82) is 0 Å². The molecule has 0 saturated heterocycles. The van der Waals surface area contributed by atoms with E-state index in [1.807, 2.05) is 0 Å². The number of hydrogen-bond donors (Lipinski definition) is 3. The molecule has 11 heteroatoms. The molecule has 0 radical (unpaired) electrons. The lowest BCUT2D eigenvalue weighted by Gasteiger charge is -2.19. The standard InChI is InChI=1S/C22H26N6O5/c1-22(2,3)33-21(31)24-12-18(29)25-17-11-10-15(19(23)26-17)28-27-14-6-4-5-7-16(14)32-20(30)13-8-9-13/h4-7,10-11,13H,8-9,12H2,1-3H3,(H,24,31)(H3,23,25,26,29)/b28-27+. The first kappa shape index (κ1) is 23.6. The number of para-hydroxylation sites is 1. The Morgan fingerprint density at radius 3 is 2.45 bits per heavy atom. The fourth-order valence-electron chi connectivity index (χ4n) is 2.52. The van der Waals surface area contributed by atoms with Gasteiger partial charge in [-0.1, -0.05) is 12.1 Å². The second kappa shape index (κ2) is 10.1. The number of rotatable bonds is 7. The normalized spacial score (nSPS) is 13.4. The van der Waals surface area contributed by atoms with Crippen LogP contribution in [-0.4, -0.2) is 35.1 Å². The maximum absolute atomic E-state index is 12.0. The molecule has 0 atom stereocenters. The highest BCUT2D eigenvalue weighted by atomic mass is 16.6. The second-order valence-corrected chi connectivity index (χ2v) is 8.37. The van der Waals surface area contributed by atoms with Gasteiger partial charge in [-0.2, -0.15) is 0 Å². The average molecular weight is 454 g/mol. The molecule has 1 fully saturated rings. The molecule has 0 spiro atoms. The predicted molar refractivity (Wildman–Crippen MR) is 120 cm³/mol. The minimum absolute atomic E-state index is 0.0316. The number of hydrogen-bond acceptors (Lipinski definition) is 9. The summed E-state index contributed by atoms with van der Waals surface area (Å²) in [7, 11) is 0. The quantitative estimate of drug-likeness (QED) is 0.325. The van der Waals surface area contributed by atoms with Gasteiger partial charge in [0.15, 0.2) is 11.6 Å². The zero-order valence-electron chi connectivity index (χ0n) is 18.6. The zero-order valence-corrected chi connectivity index (χ0v) is 18.6. The third-order valence-corrected chi connectivity index (χ3v) is 4.21. The lowest BCUT2D eigenvalue weighted by molar-refractivity contribution is -0.135. The largest absolute Gasteiger partial charge is 0.444 e. The van der Waals surface area contributed by atoms with Crippen LogP contribution in [0.25, 0.3) is 0 Å². The molecule has 1 aliphatic rings. The number of amides is 2. The Balaban J connectivity index is 1.58. The van der Waals surface area contributed by atoms with Gasteiger partial charge in [0.25, 0.3) is 0 Å². The number of ether oxygens (including phenoxy) is 2. The van der Waals surface area contributed by atoms with Crippen molar-refractivity contribution in [3.8, 4) is 5.75 Å². The highest BCUT2D eigenvalue weighted by molar-refractivity contribution is 5.93. The smallest absolute Gasteiger partial charge is 0.408 e. The van der Waals surface area contributed by atoms with Crippen LogP contribution in [0.4, 0.5) is 27.8 Å². The van der Waals surface area contributed by atoms with Crippen molar-refractivity contribution in [2.24, 2.45) is 16.1 Å².